The van der Waals surface area contributed by atoms with E-state index in [0.717, 1.165) is 6.42 Å². The number of hydrogen-bond donors (Lipinski definition) is 1. The van der Waals surface area contributed by atoms with Crippen molar-refractivity contribution in [2.45, 2.75) is 32.4 Å². The van der Waals surface area contributed by atoms with Gasteiger partial charge in [0.2, 0.25) is 0 Å². The molecule has 0 heterocycles. The third kappa shape index (κ3) is 2.98. The van der Waals surface area contributed by atoms with Crippen LogP contribution in [-0.2, 0) is 0 Å². The van der Waals surface area contributed by atoms with Crippen LogP contribution in [0.5, 0.6) is 0 Å². The third-order valence-corrected chi connectivity index (χ3v) is 1.93. The minimum atomic E-state index is 0.514. The molecule has 1 heteroatoms. The van der Waals surface area contributed by atoms with Crippen molar-refractivity contribution < 1.29 is 0 Å². The fourth-order valence-electron chi connectivity index (χ4n) is 0.408. The van der Waals surface area contributed by atoms with Crippen molar-refractivity contribution >= 4 is 12.6 Å². The Hall–Kier alpha value is 0.350. The summed E-state index contributed by atoms with van der Waals surface area (Å²) in [5.74, 6) is 1.41. The molecule has 0 aliphatic carbocycles. The molecule has 0 N–H and O–H groups in total. The lowest BCUT2D eigenvalue weighted by atomic mass is 10.1. The normalized spacial score (nSPS) is 15.0. The maximum atomic E-state index is 4.29. The zero-order valence-electron chi connectivity index (χ0n) is 5.23. The monoisotopic (exact) mass is 117 g/mol. The molecule has 7 heavy (non-hydrogen) atoms. The summed E-state index contributed by atoms with van der Waals surface area (Å²) in [5.41, 5.74) is 0. The molecular formula is C6H13S. The maximum absolute atomic E-state index is 4.29. The molecule has 0 nitrogen and oxygen atoms in total. The zero-order chi connectivity index (χ0) is 5.86. The first-order chi connectivity index (χ1) is 3.18. The van der Waals surface area contributed by atoms with Crippen LogP contribution in [0.25, 0.3) is 0 Å². The summed E-state index contributed by atoms with van der Waals surface area (Å²) in [6.07, 6.45) is 1.14. The van der Waals surface area contributed by atoms with Crippen molar-refractivity contribution in [2.24, 2.45) is 0 Å². The van der Waals surface area contributed by atoms with Crippen molar-refractivity contribution in [3.8, 4) is 0 Å². The van der Waals surface area contributed by atoms with Gasteiger partial charge in [-0.25, -0.2) is 0 Å². The summed E-state index contributed by atoms with van der Waals surface area (Å²) in [6.45, 7) is 6.37. The SMILES string of the molecule is CCC(S)[C](C)C. The summed E-state index contributed by atoms with van der Waals surface area (Å²) < 4.78 is 0. The summed E-state index contributed by atoms with van der Waals surface area (Å²) >= 11 is 4.29. The van der Waals surface area contributed by atoms with Gasteiger partial charge < -0.3 is 0 Å². The molecule has 1 radical (unpaired) electrons. The molecule has 0 rings (SSSR count). The van der Waals surface area contributed by atoms with Gasteiger partial charge in [-0.15, -0.1) is 0 Å². The van der Waals surface area contributed by atoms with E-state index in [1.807, 2.05) is 0 Å². The highest BCUT2D eigenvalue weighted by Crippen LogP contribution is 2.13. The molecule has 43 valence electrons. The van der Waals surface area contributed by atoms with Crippen LogP contribution in [-0.4, -0.2) is 5.25 Å². The number of hydrogen-bond acceptors (Lipinski definition) is 1. The van der Waals surface area contributed by atoms with E-state index in [4.69, 9.17) is 0 Å². The van der Waals surface area contributed by atoms with Gasteiger partial charge in [-0.2, -0.15) is 12.6 Å². The van der Waals surface area contributed by atoms with Crippen LogP contribution in [0, 0.1) is 5.92 Å². The molecule has 1 atom stereocenters. The highest BCUT2D eigenvalue weighted by molar-refractivity contribution is 7.81. The van der Waals surface area contributed by atoms with E-state index in [1.54, 1.807) is 0 Å². The minimum absolute atomic E-state index is 0.514. The molecule has 0 aliphatic rings. The van der Waals surface area contributed by atoms with Gasteiger partial charge in [-0.05, 0) is 12.3 Å². The lowest BCUT2D eigenvalue weighted by molar-refractivity contribution is 0.832. The van der Waals surface area contributed by atoms with E-state index in [-0.39, 0.29) is 0 Å². The van der Waals surface area contributed by atoms with Gasteiger partial charge in [-0.3, -0.25) is 0 Å². The van der Waals surface area contributed by atoms with Crippen molar-refractivity contribution in [1.29, 1.82) is 0 Å². The first-order valence-corrected chi connectivity index (χ1v) is 3.18. The highest BCUT2D eigenvalue weighted by atomic mass is 32.1. The Bertz CT molecular complexity index is 41.4. The second kappa shape index (κ2) is 3.36. The van der Waals surface area contributed by atoms with E-state index in [2.05, 4.69) is 33.4 Å². The van der Waals surface area contributed by atoms with Gasteiger partial charge in [0.1, 0.15) is 0 Å². The van der Waals surface area contributed by atoms with Gasteiger partial charge in [0, 0.05) is 5.25 Å². The molecule has 0 aromatic heterocycles. The van der Waals surface area contributed by atoms with Gasteiger partial charge >= 0.3 is 0 Å². The molecule has 0 spiro atoms. The lowest BCUT2D eigenvalue weighted by Gasteiger charge is -2.09. The van der Waals surface area contributed by atoms with E-state index in [0.29, 0.717) is 5.25 Å². The summed E-state index contributed by atoms with van der Waals surface area (Å²) in [5, 5.41) is 0.514. The largest absolute Gasteiger partial charge is 0.175 e. The smallest absolute Gasteiger partial charge is 0.00708 e. The van der Waals surface area contributed by atoms with Crippen LogP contribution >= 0.6 is 12.6 Å². The Morgan fingerprint density at radius 2 is 2.00 bits per heavy atom. The second-order valence-corrected chi connectivity index (χ2v) is 2.62. The molecule has 1 unspecified atom stereocenters. The Labute approximate surface area is 51.7 Å². The average Bonchev–Trinajstić information content (AvgIpc) is 1.65. The van der Waals surface area contributed by atoms with E-state index in [1.165, 1.54) is 5.92 Å². The van der Waals surface area contributed by atoms with Crippen LogP contribution in [0.15, 0.2) is 0 Å². The molecule has 0 saturated carbocycles. The first kappa shape index (κ1) is 7.35. The quantitative estimate of drug-likeness (QED) is 0.527. The number of rotatable bonds is 2. The molecule has 0 aromatic rings. The van der Waals surface area contributed by atoms with Crippen LogP contribution in [0.2, 0.25) is 0 Å². The van der Waals surface area contributed by atoms with Crippen molar-refractivity contribution in [1.82, 2.24) is 0 Å². The average molecular weight is 117 g/mol. The Kier molecular flexibility index (Phi) is 3.53. The van der Waals surface area contributed by atoms with Crippen LogP contribution in [0.4, 0.5) is 0 Å². The standard InChI is InChI=1S/C6H13S/c1-4-6(7)5(2)3/h6-7H,4H2,1-3H3. The van der Waals surface area contributed by atoms with Crippen LogP contribution in [0.3, 0.4) is 0 Å². The van der Waals surface area contributed by atoms with Crippen LogP contribution < -0.4 is 0 Å². The third-order valence-electron chi connectivity index (χ3n) is 1.05. The molecule has 0 fully saturated rings. The summed E-state index contributed by atoms with van der Waals surface area (Å²) in [4.78, 5) is 0. The lowest BCUT2D eigenvalue weighted by Crippen LogP contribution is -2.02. The molecule has 0 saturated heterocycles. The van der Waals surface area contributed by atoms with Gasteiger partial charge in [-0.1, -0.05) is 20.8 Å². The van der Waals surface area contributed by atoms with E-state index < -0.39 is 0 Å². The predicted molar refractivity (Wildman–Crippen MR) is 37.7 cm³/mol. The second-order valence-electron chi connectivity index (χ2n) is 2.00. The van der Waals surface area contributed by atoms with Gasteiger partial charge in [0.25, 0.3) is 0 Å². The van der Waals surface area contributed by atoms with Crippen LogP contribution in [0.1, 0.15) is 27.2 Å². The fraction of sp³-hybridized carbons (Fsp3) is 0.833. The molecule has 0 bridgehead atoms. The minimum Gasteiger partial charge on any atom is -0.175 e. The Morgan fingerprint density at radius 1 is 1.57 bits per heavy atom. The van der Waals surface area contributed by atoms with E-state index >= 15 is 0 Å². The van der Waals surface area contributed by atoms with E-state index in [9.17, 15) is 0 Å². The summed E-state index contributed by atoms with van der Waals surface area (Å²) in [7, 11) is 0. The predicted octanol–water partition coefficient (Wildman–Crippen LogP) is 2.31. The zero-order valence-corrected chi connectivity index (χ0v) is 6.13. The topological polar surface area (TPSA) is 0 Å². The van der Waals surface area contributed by atoms with Gasteiger partial charge in [0.05, 0.1) is 0 Å². The Balaban J connectivity index is 3.14. The Morgan fingerprint density at radius 3 is 2.00 bits per heavy atom. The van der Waals surface area contributed by atoms with Gasteiger partial charge in [0.15, 0.2) is 0 Å². The maximum Gasteiger partial charge on any atom is 0.00708 e. The highest BCUT2D eigenvalue weighted by Gasteiger charge is 2.02. The van der Waals surface area contributed by atoms with Crippen molar-refractivity contribution in [2.75, 3.05) is 0 Å². The molecule has 0 aliphatic heterocycles. The fourth-order valence-corrected chi connectivity index (χ4v) is 0.408. The van der Waals surface area contributed by atoms with Crippen molar-refractivity contribution in [3.05, 3.63) is 5.92 Å². The molecular weight excluding hydrogens is 104 g/mol. The molecule has 0 amide bonds. The van der Waals surface area contributed by atoms with Crippen molar-refractivity contribution in [3.63, 3.8) is 0 Å². The number of thiol groups is 1. The molecule has 0 aromatic carbocycles. The summed E-state index contributed by atoms with van der Waals surface area (Å²) in [6, 6.07) is 0. The first-order valence-electron chi connectivity index (χ1n) is 2.66.